The highest BCUT2D eigenvalue weighted by atomic mass is 19.1. The van der Waals surface area contributed by atoms with Gasteiger partial charge in [-0.3, -0.25) is 10.1 Å². The number of hydrogen-bond acceptors (Lipinski definition) is 5. The van der Waals surface area contributed by atoms with Crippen molar-refractivity contribution in [2.24, 2.45) is 0 Å². The largest absolute Gasteiger partial charge is 0.378 e. The van der Waals surface area contributed by atoms with E-state index in [0.29, 0.717) is 5.82 Å². The van der Waals surface area contributed by atoms with E-state index in [1.165, 1.54) is 24.3 Å². The quantitative estimate of drug-likeness (QED) is 0.661. The molecule has 1 heterocycles. The van der Waals surface area contributed by atoms with Crippen molar-refractivity contribution < 1.29 is 9.31 Å². The van der Waals surface area contributed by atoms with Gasteiger partial charge < -0.3 is 11.1 Å². The van der Waals surface area contributed by atoms with Crippen LogP contribution in [0, 0.1) is 15.9 Å². The summed E-state index contributed by atoms with van der Waals surface area (Å²) in [4.78, 5) is 14.0. The first kappa shape index (κ1) is 13.7. The average molecular weight is 276 g/mol. The van der Waals surface area contributed by atoms with Gasteiger partial charge in [0.15, 0.2) is 0 Å². The Labute approximate surface area is 114 Å². The number of nitrogens with two attached hydrogens (primary N) is 1. The van der Waals surface area contributed by atoms with Crippen LogP contribution in [0.3, 0.4) is 0 Å². The Hall–Kier alpha value is -2.70. The number of pyridine rings is 1. The molecule has 104 valence electrons. The lowest BCUT2D eigenvalue weighted by Gasteiger charge is -2.15. The minimum atomic E-state index is -0.588. The zero-order valence-corrected chi connectivity index (χ0v) is 10.7. The summed E-state index contributed by atoms with van der Waals surface area (Å²) in [5.74, 6) is -0.0325. The molecule has 0 amide bonds. The van der Waals surface area contributed by atoms with Gasteiger partial charge in [0.2, 0.25) is 5.82 Å². The van der Waals surface area contributed by atoms with Gasteiger partial charge >= 0.3 is 5.69 Å². The third-order valence-corrected chi connectivity index (χ3v) is 2.83. The lowest BCUT2D eigenvalue weighted by Crippen LogP contribution is -2.09. The molecule has 0 spiro atoms. The SMILES string of the molecule is CC(Nc1ccc([N+](=O)[O-])c(N)n1)c1ccc(F)cc1. The van der Waals surface area contributed by atoms with Crippen molar-refractivity contribution in [3.63, 3.8) is 0 Å². The summed E-state index contributed by atoms with van der Waals surface area (Å²) in [6.07, 6.45) is 0. The van der Waals surface area contributed by atoms with Crippen LogP contribution in [0.4, 0.5) is 21.7 Å². The summed E-state index contributed by atoms with van der Waals surface area (Å²) in [6, 6.07) is 8.68. The molecule has 3 N–H and O–H groups in total. The van der Waals surface area contributed by atoms with E-state index in [0.717, 1.165) is 5.56 Å². The summed E-state index contributed by atoms with van der Waals surface area (Å²) in [7, 11) is 0. The zero-order valence-electron chi connectivity index (χ0n) is 10.7. The maximum Gasteiger partial charge on any atom is 0.311 e. The van der Waals surface area contributed by atoms with Crippen molar-refractivity contribution in [1.29, 1.82) is 0 Å². The average Bonchev–Trinajstić information content (AvgIpc) is 2.39. The Kier molecular flexibility index (Phi) is 3.79. The molecule has 0 bridgehead atoms. The van der Waals surface area contributed by atoms with E-state index < -0.39 is 4.92 Å². The first-order valence-corrected chi connectivity index (χ1v) is 5.90. The summed E-state index contributed by atoms with van der Waals surface area (Å²) >= 11 is 0. The van der Waals surface area contributed by atoms with E-state index in [-0.39, 0.29) is 23.4 Å². The summed E-state index contributed by atoms with van der Waals surface area (Å²) in [5, 5.41) is 13.7. The highest BCUT2D eigenvalue weighted by molar-refractivity contribution is 5.57. The Bertz CT molecular complexity index is 631. The molecular weight excluding hydrogens is 263 g/mol. The van der Waals surface area contributed by atoms with E-state index in [2.05, 4.69) is 10.3 Å². The van der Waals surface area contributed by atoms with Gasteiger partial charge in [-0.15, -0.1) is 0 Å². The molecule has 1 unspecified atom stereocenters. The molecular formula is C13H13FN4O2. The summed E-state index contributed by atoms with van der Waals surface area (Å²) in [6.45, 7) is 1.87. The summed E-state index contributed by atoms with van der Waals surface area (Å²) < 4.78 is 12.8. The topological polar surface area (TPSA) is 94.1 Å². The van der Waals surface area contributed by atoms with Gasteiger partial charge in [-0.05, 0) is 30.7 Å². The van der Waals surface area contributed by atoms with Gasteiger partial charge in [-0.25, -0.2) is 9.37 Å². The Morgan fingerprint density at radius 2 is 1.95 bits per heavy atom. The number of hydrogen-bond donors (Lipinski definition) is 2. The minimum Gasteiger partial charge on any atom is -0.378 e. The lowest BCUT2D eigenvalue weighted by molar-refractivity contribution is -0.384. The highest BCUT2D eigenvalue weighted by Gasteiger charge is 2.14. The Morgan fingerprint density at radius 1 is 1.30 bits per heavy atom. The van der Waals surface area contributed by atoms with Crippen LogP contribution < -0.4 is 11.1 Å². The van der Waals surface area contributed by atoms with Gasteiger partial charge in [0.05, 0.1) is 4.92 Å². The van der Waals surface area contributed by atoms with Crippen LogP contribution in [0.25, 0.3) is 0 Å². The Morgan fingerprint density at radius 3 is 2.50 bits per heavy atom. The number of nitrogen functional groups attached to an aromatic ring is 1. The molecule has 0 aliphatic rings. The molecule has 0 saturated carbocycles. The van der Waals surface area contributed by atoms with Crippen molar-refractivity contribution in [2.75, 3.05) is 11.1 Å². The maximum absolute atomic E-state index is 12.8. The standard InChI is InChI=1S/C13H13FN4O2/c1-8(9-2-4-10(14)5-3-9)16-12-7-6-11(18(19)20)13(15)17-12/h2-8H,1H3,(H3,15,16,17). The number of nitrogens with one attached hydrogen (secondary N) is 1. The number of anilines is 2. The molecule has 7 heteroatoms. The van der Waals surface area contributed by atoms with Gasteiger partial charge in [0.1, 0.15) is 11.6 Å². The first-order chi connectivity index (χ1) is 9.47. The predicted octanol–water partition coefficient (Wildman–Crippen LogP) is 2.88. The van der Waals surface area contributed by atoms with Gasteiger partial charge in [0, 0.05) is 12.1 Å². The van der Waals surface area contributed by atoms with Crippen molar-refractivity contribution in [2.45, 2.75) is 13.0 Å². The monoisotopic (exact) mass is 276 g/mol. The van der Waals surface area contributed by atoms with Crippen molar-refractivity contribution >= 4 is 17.3 Å². The van der Waals surface area contributed by atoms with Crippen LogP contribution in [-0.4, -0.2) is 9.91 Å². The van der Waals surface area contributed by atoms with Crippen molar-refractivity contribution in [3.05, 3.63) is 57.9 Å². The molecule has 0 aliphatic heterocycles. The van der Waals surface area contributed by atoms with E-state index >= 15 is 0 Å². The maximum atomic E-state index is 12.8. The summed E-state index contributed by atoms with van der Waals surface area (Å²) in [5.41, 5.74) is 6.15. The van der Waals surface area contributed by atoms with Crippen LogP contribution in [0.2, 0.25) is 0 Å². The second kappa shape index (κ2) is 5.52. The zero-order chi connectivity index (χ0) is 14.7. The lowest BCUT2D eigenvalue weighted by atomic mass is 10.1. The third-order valence-electron chi connectivity index (χ3n) is 2.83. The molecule has 1 aromatic carbocycles. The van der Waals surface area contributed by atoms with Crippen LogP contribution in [0.1, 0.15) is 18.5 Å². The number of nitro groups is 1. The van der Waals surface area contributed by atoms with E-state index in [1.807, 2.05) is 6.92 Å². The first-order valence-electron chi connectivity index (χ1n) is 5.90. The van der Waals surface area contributed by atoms with Gasteiger partial charge in [0.25, 0.3) is 0 Å². The van der Waals surface area contributed by atoms with Gasteiger partial charge in [-0.2, -0.15) is 0 Å². The molecule has 1 atom stereocenters. The van der Waals surface area contributed by atoms with Crippen LogP contribution in [0.15, 0.2) is 36.4 Å². The van der Waals surface area contributed by atoms with Crippen molar-refractivity contribution in [3.8, 4) is 0 Å². The fraction of sp³-hybridized carbons (Fsp3) is 0.154. The molecule has 2 aromatic rings. The molecule has 0 fully saturated rings. The third kappa shape index (κ3) is 3.00. The van der Waals surface area contributed by atoms with Crippen LogP contribution in [0.5, 0.6) is 0 Å². The molecule has 2 rings (SSSR count). The van der Waals surface area contributed by atoms with Crippen molar-refractivity contribution in [1.82, 2.24) is 4.98 Å². The van der Waals surface area contributed by atoms with E-state index in [4.69, 9.17) is 5.73 Å². The molecule has 0 saturated heterocycles. The molecule has 1 aromatic heterocycles. The molecule has 20 heavy (non-hydrogen) atoms. The molecule has 0 radical (unpaired) electrons. The Balaban J connectivity index is 2.15. The molecule has 0 aliphatic carbocycles. The van der Waals surface area contributed by atoms with Crippen LogP contribution >= 0.6 is 0 Å². The number of nitrogens with zero attached hydrogens (tertiary/aromatic N) is 2. The number of halogens is 1. The van der Waals surface area contributed by atoms with Crippen LogP contribution in [-0.2, 0) is 0 Å². The number of benzene rings is 1. The van der Waals surface area contributed by atoms with E-state index in [9.17, 15) is 14.5 Å². The smallest absolute Gasteiger partial charge is 0.311 e. The minimum absolute atomic E-state index is 0.135. The molecule has 6 nitrogen and oxygen atoms in total. The second-order valence-corrected chi connectivity index (χ2v) is 4.28. The number of aromatic nitrogens is 1. The fourth-order valence-electron chi connectivity index (χ4n) is 1.76. The highest BCUT2D eigenvalue weighted by Crippen LogP contribution is 2.23. The number of rotatable bonds is 4. The predicted molar refractivity (Wildman–Crippen MR) is 73.7 cm³/mol. The second-order valence-electron chi connectivity index (χ2n) is 4.28. The van der Waals surface area contributed by atoms with E-state index in [1.54, 1.807) is 12.1 Å². The van der Waals surface area contributed by atoms with Gasteiger partial charge in [-0.1, -0.05) is 12.1 Å². The fourth-order valence-corrected chi connectivity index (χ4v) is 1.76. The normalized spacial score (nSPS) is 11.9.